The molecule has 0 spiro atoms. The van der Waals surface area contributed by atoms with Gasteiger partial charge in [0.15, 0.2) is 5.16 Å². The maximum absolute atomic E-state index is 11.9. The first kappa shape index (κ1) is 15.5. The molecule has 0 saturated heterocycles. The van der Waals surface area contributed by atoms with Crippen molar-refractivity contribution in [1.82, 2.24) is 15.2 Å². The van der Waals surface area contributed by atoms with Crippen molar-refractivity contribution in [2.45, 2.75) is 19.0 Å². The second-order valence-corrected chi connectivity index (χ2v) is 5.74. The van der Waals surface area contributed by atoms with Crippen LogP contribution in [0.2, 0.25) is 5.02 Å². The lowest BCUT2D eigenvalue weighted by atomic mass is 10.2. The third-order valence-electron chi connectivity index (χ3n) is 2.65. The fourth-order valence-corrected chi connectivity index (χ4v) is 2.27. The van der Waals surface area contributed by atoms with E-state index in [4.69, 9.17) is 11.6 Å². The van der Waals surface area contributed by atoms with Crippen LogP contribution in [0.5, 0.6) is 0 Å². The molecule has 0 bridgehead atoms. The van der Waals surface area contributed by atoms with Gasteiger partial charge in [-0.25, -0.2) is 0 Å². The van der Waals surface area contributed by atoms with E-state index < -0.39 is 0 Å². The molecule has 0 aliphatic heterocycles. The SMILES string of the molecule is Cc1ccc(Cl)cc1NC(=O)CSc1nnc(C)c(=O)[nH]1. The standard InChI is InChI=1S/C13H13ClN4O2S/c1-7-3-4-9(14)5-10(7)15-11(19)6-21-13-16-12(20)8(2)17-18-13/h3-5H,6H2,1-2H3,(H,15,19)(H,16,18,20). The van der Waals surface area contributed by atoms with Crippen molar-refractivity contribution in [1.29, 1.82) is 0 Å². The van der Waals surface area contributed by atoms with Crippen LogP contribution >= 0.6 is 23.4 Å². The Morgan fingerprint density at radius 2 is 2.14 bits per heavy atom. The van der Waals surface area contributed by atoms with Gasteiger partial charge in [0.1, 0.15) is 5.69 Å². The number of amides is 1. The lowest BCUT2D eigenvalue weighted by Gasteiger charge is -2.08. The molecule has 0 fully saturated rings. The van der Waals surface area contributed by atoms with Gasteiger partial charge >= 0.3 is 0 Å². The van der Waals surface area contributed by atoms with Gasteiger partial charge in [-0.05, 0) is 31.5 Å². The monoisotopic (exact) mass is 324 g/mol. The Morgan fingerprint density at radius 3 is 2.86 bits per heavy atom. The molecule has 21 heavy (non-hydrogen) atoms. The van der Waals surface area contributed by atoms with Crippen molar-refractivity contribution in [2.75, 3.05) is 11.1 Å². The summed E-state index contributed by atoms with van der Waals surface area (Å²) in [7, 11) is 0. The smallest absolute Gasteiger partial charge is 0.273 e. The van der Waals surface area contributed by atoms with Crippen molar-refractivity contribution in [3.63, 3.8) is 0 Å². The van der Waals surface area contributed by atoms with Crippen LogP contribution in [0.4, 0.5) is 5.69 Å². The summed E-state index contributed by atoms with van der Waals surface area (Å²) in [5.74, 6) is -0.104. The fraction of sp³-hybridized carbons (Fsp3) is 0.231. The first-order valence-corrected chi connectivity index (χ1v) is 7.44. The third kappa shape index (κ3) is 4.30. The second kappa shape index (κ2) is 6.73. The van der Waals surface area contributed by atoms with Gasteiger partial charge in [0.25, 0.3) is 5.56 Å². The van der Waals surface area contributed by atoms with Crippen LogP contribution < -0.4 is 10.9 Å². The summed E-state index contributed by atoms with van der Waals surface area (Å²) in [6, 6.07) is 5.27. The predicted molar refractivity (Wildman–Crippen MR) is 82.9 cm³/mol. The van der Waals surface area contributed by atoms with Crippen LogP contribution in [0.3, 0.4) is 0 Å². The summed E-state index contributed by atoms with van der Waals surface area (Å²) in [6.07, 6.45) is 0. The summed E-state index contributed by atoms with van der Waals surface area (Å²) < 4.78 is 0. The van der Waals surface area contributed by atoms with E-state index in [1.165, 1.54) is 0 Å². The van der Waals surface area contributed by atoms with Crippen LogP contribution in [0.1, 0.15) is 11.3 Å². The van der Waals surface area contributed by atoms with Crippen molar-refractivity contribution in [2.24, 2.45) is 0 Å². The van der Waals surface area contributed by atoms with Crippen LogP contribution in [-0.2, 0) is 4.79 Å². The summed E-state index contributed by atoms with van der Waals surface area (Å²) in [5.41, 5.74) is 1.56. The molecule has 0 aliphatic rings. The van der Waals surface area contributed by atoms with E-state index in [1.54, 1.807) is 19.1 Å². The van der Waals surface area contributed by atoms with E-state index in [-0.39, 0.29) is 17.2 Å². The maximum Gasteiger partial charge on any atom is 0.273 e. The number of hydrogen-bond acceptors (Lipinski definition) is 5. The first-order chi connectivity index (χ1) is 9.95. The average molecular weight is 325 g/mol. The van der Waals surface area contributed by atoms with Gasteiger partial charge in [0.2, 0.25) is 5.91 Å². The van der Waals surface area contributed by atoms with E-state index in [9.17, 15) is 9.59 Å². The Labute approximate surface area is 130 Å². The van der Waals surface area contributed by atoms with Gasteiger partial charge in [0.05, 0.1) is 5.75 Å². The number of aryl methyl sites for hydroxylation is 2. The number of thioether (sulfide) groups is 1. The third-order valence-corrected chi connectivity index (χ3v) is 3.75. The molecule has 0 unspecified atom stereocenters. The van der Waals surface area contributed by atoms with Crippen LogP contribution in [0.15, 0.2) is 28.2 Å². The largest absolute Gasteiger partial charge is 0.325 e. The molecular weight excluding hydrogens is 312 g/mol. The number of hydrogen-bond donors (Lipinski definition) is 2. The highest BCUT2D eigenvalue weighted by Gasteiger charge is 2.08. The van der Waals surface area contributed by atoms with Gasteiger partial charge in [-0.3, -0.25) is 14.6 Å². The summed E-state index contributed by atoms with van der Waals surface area (Å²) in [4.78, 5) is 25.8. The normalized spacial score (nSPS) is 10.4. The number of aromatic nitrogens is 3. The highest BCUT2D eigenvalue weighted by molar-refractivity contribution is 7.99. The number of rotatable bonds is 4. The van der Waals surface area contributed by atoms with E-state index in [1.807, 2.05) is 13.0 Å². The molecule has 2 N–H and O–H groups in total. The van der Waals surface area contributed by atoms with Gasteiger partial charge in [-0.1, -0.05) is 29.4 Å². The number of nitrogens with zero attached hydrogens (tertiary/aromatic N) is 2. The number of anilines is 1. The van der Waals surface area contributed by atoms with Crippen LogP contribution in [0.25, 0.3) is 0 Å². The molecule has 1 heterocycles. The van der Waals surface area contributed by atoms with E-state index >= 15 is 0 Å². The molecule has 110 valence electrons. The van der Waals surface area contributed by atoms with Crippen molar-refractivity contribution < 1.29 is 4.79 Å². The second-order valence-electron chi connectivity index (χ2n) is 4.34. The minimum Gasteiger partial charge on any atom is -0.325 e. The number of aromatic amines is 1. The molecule has 0 saturated carbocycles. The van der Waals surface area contributed by atoms with E-state index in [0.29, 0.717) is 21.6 Å². The Bertz CT molecular complexity index is 732. The minimum atomic E-state index is -0.307. The number of H-pyrrole nitrogens is 1. The zero-order valence-electron chi connectivity index (χ0n) is 11.4. The van der Waals surface area contributed by atoms with E-state index in [0.717, 1.165) is 17.3 Å². The van der Waals surface area contributed by atoms with Crippen LogP contribution in [0, 0.1) is 13.8 Å². The molecule has 1 aromatic heterocycles. The summed E-state index contributed by atoms with van der Waals surface area (Å²) in [6.45, 7) is 3.44. The summed E-state index contributed by atoms with van der Waals surface area (Å²) >= 11 is 7.00. The quantitative estimate of drug-likeness (QED) is 0.841. The molecule has 6 nitrogen and oxygen atoms in total. The highest BCUT2D eigenvalue weighted by Crippen LogP contribution is 2.20. The number of benzene rings is 1. The molecule has 0 radical (unpaired) electrons. The molecule has 8 heteroatoms. The number of carbonyl (C=O) groups is 1. The fourth-order valence-electron chi connectivity index (χ4n) is 1.49. The zero-order chi connectivity index (χ0) is 15.4. The van der Waals surface area contributed by atoms with Crippen molar-refractivity contribution in [3.05, 3.63) is 44.8 Å². The highest BCUT2D eigenvalue weighted by atomic mass is 35.5. The molecule has 0 aliphatic carbocycles. The molecule has 2 rings (SSSR count). The minimum absolute atomic E-state index is 0.111. The van der Waals surface area contributed by atoms with E-state index in [2.05, 4.69) is 20.5 Å². The number of carbonyl (C=O) groups excluding carboxylic acids is 1. The summed E-state index contributed by atoms with van der Waals surface area (Å²) in [5, 5.41) is 11.1. The molecular formula is C13H13ClN4O2S. The zero-order valence-corrected chi connectivity index (χ0v) is 13.0. The topological polar surface area (TPSA) is 87.7 Å². The van der Waals surface area contributed by atoms with Gasteiger partial charge in [-0.15, -0.1) is 10.2 Å². The Kier molecular flexibility index (Phi) is 4.98. The Balaban J connectivity index is 1.97. The maximum atomic E-state index is 11.9. The molecule has 0 atom stereocenters. The number of nitrogens with one attached hydrogen (secondary N) is 2. The van der Waals surface area contributed by atoms with Crippen molar-refractivity contribution >= 4 is 35.0 Å². The lowest BCUT2D eigenvalue weighted by Crippen LogP contribution is -2.17. The predicted octanol–water partition coefficient (Wildman–Crippen LogP) is 2.17. The van der Waals surface area contributed by atoms with Gasteiger partial charge in [0, 0.05) is 10.7 Å². The first-order valence-electron chi connectivity index (χ1n) is 6.08. The lowest BCUT2D eigenvalue weighted by molar-refractivity contribution is -0.113. The van der Waals surface area contributed by atoms with Gasteiger partial charge < -0.3 is 5.32 Å². The van der Waals surface area contributed by atoms with Crippen LogP contribution in [-0.4, -0.2) is 26.8 Å². The molecule has 2 aromatic rings. The van der Waals surface area contributed by atoms with Crippen molar-refractivity contribution in [3.8, 4) is 0 Å². The number of halogens is 1. The molecule has 1 amide bonds. The van der Waals surface area contributed by atoms with Gasteiger partial charge in [-0.2, -0.15) is 0 Å². The Morgan fingerprint density at radius 1 is 1.38 bits per heavy atom. The Hall–Kier alpha value is -1.86. The molecule has 1 aromatic carbocycles. The average Bonchev–Trinajstić information content (AvgIpc) is 2.44.